The number of aromatic hydroxyl groups is 4. The molecule has 0 aliphatic heterocycles. The minimum absolute atomic E-state index is 0.0793. The fourth-order valence-corrected chi connectivity index (χ4v) is 4.51. The summed E-state index contributed by atoms with van der Waals surface area (Å²) in [6, 6.07) is 22.3. The van der Waals surface area contributed by atoms with Gasteiger partial charge in [0.15, 0.2) is 0 Å². The van der Waals surface area contributed by atoms with Crippen molar-refractivity contribution in [2.75, 3.05) is 14.2 Å². The van der Waals surface area contributed by atoms with Crippen molar-refractivity contribution >= 4 is 12.2 Å². The van der Waals surface area contributed by atoms with Gasteiger partial charge < -0.3 is 29.9 Å². The van der Waals surface area contributed by atoms with Gasteiger partial charge in [-0.2, -0.15) is 0 Å². The number of hydrogen-bond donors (Lipinski definition) is 4. The molecule has 0 saturated carbocycles. The molecule has 4 aromatic carbocycles. The predicted molar refractivity (Wildman–Crippen MR) is 145 cm³/mol. The van der Waals surface area contributed by atoms with Crippen molar-refractivity contribution in [2.24, 2.45) is 0 Å². The largest absolute Gasteiger partial charge is 0.508 e. The Kier molecular flexibility index (Phi) is 7.89. The first-order valence-electron chi connectivity index (χ1n) is 11.9. The van der Waals surface area contributed by atoms with Gasteiger partial charge in [-0.15, -0.1) is 0 Å². The van der Waals surface area contributed by atoms with Crippen molar-refractivity contribution in [1.82, 2.24) is 0 Å². The summed E-state index contributed by atoms with van der Waals surface area (Å²) in [5, 5.41) is 39.8. The SMILES string of the molecule is COc1cc(O)ccc1CCC(c1ccc(O)cc1)c1c(/C=C/c2ccc(O)cc2)cc(O)cc1OC. The van der Waals surface area contributed by atoms with Gasteiger partial charge in [-0.05, 0) is 71.5 Å². The summed E-state index contributed by atoms with van der Waals surface area (Å²) < 4.78 is 11.2. The number of ether oxygens (including phenoxy) is 2. The van der Waals surface area contributed by atoms with Crippen LogP contribution in [-0.4, -0.2) is 34.6 Å². The molecule has 0 amide bonds. The molecule has 0 fully saturated rings. The van der Waals surface area contributed by atoms with Crippen molar-refractivity contribution in [1.29, 1.82) is 0 Å². The fraction of sp³-hybridized carbons (Fsp3) is 0.161. The Hall–Kier alpha value is -4.58. The van der Waals surface area contributed by atoms with Crippen LogP contribution in [0.1, 0.15) is 40.2 Å². The summed E-state index contributed by atoms with van der Waals surface area (Å²) in [5.74, 6) is 1.57. The van der Waals surface area contributed by atoms with Gasteiger partial charge in [0, 0.05) is 23.6 Å². The molecule has 4 aromatic rings. The van der Waals surface area contributed by atoms with Crippen molar-refractivity contribution in [3.05, 3.63) is 107 Å². The summed E-state index contributed by atoms with van der Waals surface area (Å²) in [4.78, 5) is 0. The molecule has 1 atom stereocenters. The first-order valence-corrected chi connectivity index (χ1v) is 11.9. The average molecular weight is 499 g/mol. The van der Waals surface area contributed by atoms with Crippen molar-refractivity contribution in [2.45, 2.75) is 18.8 Å². The summed E-state index contributed by atoms with van der Waals surface area (Å²) in [7, 11) is 3.15. The predicted octanol–water partition coefficient (Wildman–Crippen LogP) is 6.46. The number of benzene rings is 4. The van der Waals surface area contributed by atoms with Crippen LogP contribution in [0, 0.1) is 0 Å². The normalized spacial score (nSPS) is 11.9. The molecule has 6 heteroatoms. The topological polar surface area (TPSA) is 99.4 Å². The molecular weight excluding hydrogens is 468 g/mol. The second-order valence-electron chi connectivity index (χ2n) is 8.75. The highest BCUT2D eigenvalue weighted by Gasteiger charge is 2.23. The third kappa shape index (κ3) is 6.16. The molecule has 190 valence electrons. The first kappa shape index (κ1) is 25.5. The third-order valence-corrected chi connectivity index (χ3v) is 6.34. The highest BCUT2D eigenvalue weighted by molar-refractivity contribution is 5.74. The van der Waals surface area contributed by atoms with E-state index in [4.69, 9.17) is 9.47 Å². The van der Waals surface area contributed by atoms with Gasteiger partial charge in [0.2, 0.25) is 0 Å². The molecule has 6 nitrogen and oxygen atoms in total. The zero-order valence-corrected chi connectivity index (χ0v) is 20.8. The molecule has 37 heavy (non-hydrogen) atoms. The van der Waals surface area contributed by atoms with E-state index in [0.717, 1.165) is 27.8 Å². The van der Waals surface area contributed by atoms with E-state index in [9.17, 15) is 20.4 Å². The van der Waals surface area contributed by atoms with E-state index in [0.29, 0.717) is 24.3 Å². The van der Waals surface area contributed by atoms with Crippen LogP contribution in [0.2, 0.25) is 0 Å². The van der Waals surface area contributed by atoms with E-state index in [1.165, 1.54) is 0 Å². The van der Waals surface area contributed by atoms with Crippen molar-refractivity contribution in [3.8, 4) is 34.5 Å². The molecule has 0 bridgehead atoms. The lowest BCUT2D eigenvalue weighted by Crippen LogP contribution is -2.08. The van der Waals surface area contributed by atoms with Gasteiger partial charge in [0.25, 0.3) is 0 Å². The maximum atomic E-state index is 10.5. The number of rotatable bonds is 9. The van der Waals surface area contributed by atoms with Crippen LogP contribution >= 0.6 is 0 Å². The van der Waals surface area contributed by atoms with Crippen LogP contribution in [0.5, 0.6) is 34.5 Å². The standard InChI is InChI=1S/C31H30O6/c1-36-29-18-26(34)15-9-22(29)10-16-28(21-7-13-25(33)14-8-21)31-23(17-27(35)19-30(31)37-2)6-3-20-4-11-24(32)12-5-20/h3-9,11-15,17-19,28,32-35H,10,16H2,1-2H3/b6-3+. The Morgan fingerprint density at radius 3 is 1.89 bits per heavy atom. The molecule has 0 aromatic heterocycles. The maximum Gasteiger partial charge on any atom is 0.126 e. The summed E-state index contributed by atoms with van der Waals surface area (Å²) in [6.45, 7) is 0. The second kappa shape index (κ2) is 11.4. The van der Waals surface area contributed by atoms with Crippen molar-refractivity contribution in [3.63, 3.8) is 0 Å². The quantitative estimate of drug-likeness (QED) is 0.198. The molecule has 0 radical (unpaired) electrons. The number of phenolic OH excluding ortho intramolecular Hbond substituents is 4. The van der Waals surface area contributed by atoms with Gasteiger partial charge in [0.1, 0.15) is 34.5 Å². The van der Waals surface area contributed by atoms with Crippen LogP contribution in [0.15, 0.2) is 78.9 Å². The first-order chi connectivity index (χ1) is 17.9. The van der Waals surface area contributed by atoms with Gasteiger partial charge >= 0.3 is 0 Å². The van der Waals surface area contributed by atoms with E-state index < -0.39 is 0 Å². The van der Waals surface area contributed by atoms with Gasteiger partial charge in [-0.3, -0.25) is 0 Å². The summed E-state index contributed by atoms with van der Waals surface area (Å²) in [5.41, 5.74) is 4.47. The Morgan fingerprint density at radius 1 is 0.649 bits per heavy atom. The molecule has 1 unspecified atom stereocenters. The Labute approximate surface area is 216 Å². The number of hydrogen-bond acceptors (Lipinski definition) is 6. The highest BCUT2D eigenvalue weighted by Crippen LogP contribution is 2.41. The number of methoxy groups -OCH3 is 2. The van der Waals surface area contributed by atoms with Gasteiger partial charge in [0.05, 0.1) is 14.2 Å². The minimum atomic E-state index is -0.158. The molecule has 4 rings (SSSR count). The van der Waals surface area contributed by atoms with Gasteiger partial charge in [-0.1, -0.05) is 42.5 Å². The van der Waals surface area contributed by atoms with Gasteiger partial charge in [-0.25, -0.2) is 0 Å². The molecule has 0 aliphatic rings. The van der Waals surface area contributed by atoms with E-state index >= 15 is 0 Å². The maximum absolute atomic E-state index is 10.5. The summed E-state index contributed by atoms with van der Waals surface area (Å²) >= 11 is 0. The lowest BCUT2D eigenvalue weighted by molar-refractivity contribution is 0.397. The van der Waals surface area contributed by atoms with Crippen LogP contribution in [0.3, 0.4) is 0 Å². The third-order valence-electron chi connectivity index (χ3n) is 6.34. The highest BCUT2D eigenvalue weighted by atomic mass is 16.5. The Morgan fingerprint density at radius 2 is 1.24 bits per heavy atom. The fourth-order valence-electron chi connectivity index (χ4n) is 4.51. The molecular formula is C31H30O6. The Bertz CT molecular complexity index is 1370. The molecule has 0 aliphatic carbocycles. The van der Waals surface area contributed by atoms with E-state index in [-0.39, 0.29) is 28.9 Å². The lowest BCUT2D eigenvalue weighted by atomic mass is 9.82. The van der Waals surface area contributed by atoms with Crippen LogP contribution < -0.4 is 9.47 Å². The average Bonchev–Trinajstić information content (AvgIpc) is 2.90. The molecule has 0 heterocycles. The second-order valence-corrected chi connectivity index (χ2v) is 8.75. The van der Waals surface area contributed by atoms with E-state index in [1.807, 2.05) is 30.4 Å². The van der Waals surface area contributed by atoms with Crippen LogP contribution in [0.4, 0.5) is 0 Å². The zero-order valence-electron chi connectivity index (χ0n) is 20.8. The van der Waals surface area contributed by atoms with Crippen LogP contribution in [0.25, 0.3) is 12.2 Å². The molecule has 0 spiro atoms. The van der Waals surface area contributed by atoms with Crippen molar-refractivity contribution < 1.29 is 29.9 Å². The van der Waals surface area contributed by atoms with E-state index in [1.54, 1.807) is 74.9 Å². The monoisotopic (exact) mass is 498 g/mol. The molecule has 4 N–H and O–H groups in total. The lowest BCUT2D eigenvalue weighted by Gasteiger charge is -2.24. The van der Waals surface area contributed by atoms with E-state index in [2.05, 4.69) is 0 Å². The minimum Gasteiger partial charge on any atom is -0.508 e. The Balaban J connectivity index is 1.80. The van der Waals surface area contributed by atoms with Crippen LogP contribution in [-0.2, 0) is 6.42 Å². The summed E-state index contributed by atoms with van der Waals surface area (Å²) in [6.07, 6.45) is 5.12. The molecule has 0 saturated heterocycles. The zero-order chi connectivity index (χ0) is 26.4. The number of aryl methyl sites for hydroxylation is 1. The smallest absolute Gasteiger partial charge is 0.126 e. The number of phenols is 4.